The Morgan fingerprint density at radius 3 is 2.94 bits per heavy atom. The fourth-order valence-corrected chi connectivity index (χ4v) is 2.58. The van der Waals surface area contributed by atoms with E-state index in [2.05, 4.69) is 15.9 Å². The number of halogens is 1. The van der Waals surface area contributed by atoms with E-state index < -0.39 is 0 Å². The Labute approximate surface area is 110 Å². The number of nitrogens with zero attached hydrogens (tertiary/aromatic N) is 1. The number of benzene rings is 1. The van der Waals surface area contributed by atoms with Crippen molar-refractivity contribution in [2.24, 2.45) is 5.73 Å². The molecule has 2 N–H and O–H groups in total. The first kappa shape index (κ1) is 12.6. The van der Waals surface area contributed by atoms with Gasteiger partial charge in [0.15, 0.2) is 0 Å². The first-order chi connectivity index (χ1) is 8.16. The average Bonchev–Trinajstić information content (AvgIpc) is 2.32. The minimum absolute atomic E-state index is 0.145. The second kappa shape index (κ2) is 5.65. The van der Waals surface area contributed by atoms with E-state index in [4.69, 9.17) is 5.73 Å². The van der Waals surface area contributed by atoms with E-state index in [1.807, 2.05) is 29.2 Å². The standard InChI is InChI=1S/C13H17BrN2O/c14-12-6-2-1-4-10(12)8-13(17)16-7-3-5-11(15)9-16/h1-2,4,6,11H,3,5,7-9,15H2/t11-/m0/s1. The van der Waals surface area contributed by atoms with Crippen LogP contribution in [0.3, 0.4) is 0 Å². The highest BCUT2D eigenvalue weighted by Crippen LogP contribution is 2.18. The highest BCUT2D eigenvalue weighted by Gasteiger charge is 2.21. The summed E-state index contributed by atoms with van der Waals surface area (Å²) in [5.74, 6) is 0.173. The second-order valence-electron chi connectivity index (χ2n) is 4.51. The molecule has 17 heavy (non-hydrogen) atoms. The molecule has 0 unspecified atom stereocenters. The molecular formula is C13H17BrN2O. The number of nitrogens with two attached hydrogens (primary N) is 1. The van der Waals surface area contributed by atoms with Crippen molar-refractivity contribution in [1.82, 2.24) is 4.90 Å². The van der Waals surface area contributed by atoms with Gasteiger partial charge in [-0.1, -0.05) is 34.1 Å². The molecule has 2 rings (SSSR count). The Hall–Kier alpha value is -0.870. The molecule has 1 aromatic rings. The van der Waals surface area contributed by atoms with E-state index in [9.17, 15) is 4.79 Å². The highest BCUT2D eigenvalue weighted by molar-refractivity contribution is 9.10. The zero-order chi connectivity index (χ0) is 12.3. The average molecular weight is 297 g/mol. The molecule has 0 aliphatic carbocycles. The fraction of sp³-hybridized carbons (Fsp3) is 0.462. The first-order valence-corrected chi connectivity index (χ1v) is 6.73. The Kier molecular flexibility index (Phi) is 4.18. The van der Waals surface area contributed by atoms with Gasteiger partial charge in [0.2, 0.25) is 5.91 Å². The van der Waals surface area contributed by atoms with E-state index in [1.165, 1.54) is 0 Å². The lowest BCUT2D eigenvalue weighted by Gasteiger charge is -2.31. The van der Waals surface area contributed by atoms with E-state index in [0.717, 1.165) is 29.4 Å². The normalized spacial score (nSPS) is 20.4. The van der Waals surface area contributed by atoms with Crippen LogP contribution in [0.15, 0.2) is 28.7 Å². The summed E-state index contributed by atoms with van der Waals surface area (Å²) < 4.78 is 0.995. The Balaban J connectivity index is 1.99. The topological polar surface area (TPSA) is 46.3 Å². The minimum Gasteiger partial charge on any atom is -0.341 e. The van der Waals surface area contributed by atoms with E-state index in [0.29, 0.717) is 13.0 Å². The van der Waals surface area contributed by atoms with Gasteiger partial charge in [-0.25, -0.2) is 0 Å². The summed E-state index contributed by atoms with van der Waals surface area (Å²) in [4.78, 5) is 14.0. The van der Waals surface area contributed by atoms with Crippen molar-refractivity contribution in [2.45, 2.75) is 25.3 Å². The number of carbonyl (C=O) groups excluding carboxylic acids is 1. The third-order valence-corrected chi connectivity index (χ3v) is 3.88. The van der Waals surface area contributed by atoms with E-state index >= 15 is 0 Å². The smallest absolute Gasteiger partial charge is 0.227 e. The molecule has 1 atom stereocenters. The quantitative estimate of drug-likeness (QED) is 0.907. The van der Waals surface area contributed by atoms with Crippen LogP contribution in [0, 0.1) is 0 Å². The molecule has 1 aliphatic rings. The Morgan fingerprint density at radius 2 is 2.24 bits per heavy atom. The monoisotopic (exact) mass is 296 g/mol. The molecule has 1 fully saturated rings. The SMILES string of the molecule is N[C@H]1CCCN(C(=O)Cc2ccccc2Br)C1. The minimum atomic E-state index is 0.145. The molecule has 4 heteroatoms. The van der Waals surface area contributed by atoms with Crippen molar-refractivity contribution in [3.05, 3.63) is 34.3 Å². The molecule has 3 nitrogen and oxygen atoms in total. The number of amides is 1. The highest BCUT2D eigenvalue weighted by atomic mass is 79.9. The molecule has 1 aliphatic heterocycles. The summed E-state index contributed by atoms with van der Waals surface area (Å²) in [7, 11) is 0. The molecule has 1 saturated heterocycles. The van der Waals surface area contributed by atoms with Gasteiger partial charge in [0, 0.05) is 23.6 Å². The summed E-state index contributed by atoms with van der Waals surface area (Å²) in [6, 6.07) is 7.99. The van der Waals surface area contributed by atoms with Crippen LogP contribution in [0.2, 0.25) is 0 Å². The summed E-state index contributed by atoms with van der Waals surface area (Å²) in [6.45, 7) is 1.54. The molecule has 0 saturated carbocycles. The van der Waals surface area contributed by atoms with Crippen LogP contribution in [0.25, 0.3) is 0 Å². The van der Waals surface area contributed by atoms with Crippen LogP contribution in [0.5, 0.6) is 0 Å². The van der Waals surface area contributed by atoms with Crippen molar-refractivity contribution in [1.29, 1.82) is 0 Å². The first-order valence-electron chi connectivity index (χ1n) is 5.93. The van der Waals surface area contributed by atoms with Gasteiger partial charge in [-0.05, 0) is 24.5 Å². The number of piperidine rings is 1. The predicted molar refractivity (Wildman–Crippen MR) is 71.6 cm³/mol. The molecular weight excluding hydrogens is 280 g/mol. The van der Waals surface area contributed by atoms with Gasteiger partial charge in [0.1, 0.15) is 0 Å². The van der Waals surface area contributed by atoms with Crippen LogP contribution < -0.4 is 5.73 Å². The van der Waals surface area contributed by atoms with Crippen LogP contribution >= 0.6 is 15.9 Å². The van der Waals surface area contributed by atoms with Crippen LogP contribution in [0.4, 0.5) is 0 Å². The molecule has 1 heterocycles. The summed E-state index contributed by atoms with van der Waals surface area (Å²) in [5.41, 5.74) is 6.92. The van der Waals surface area contributed by atoms with Crippen molar-refractivity contribution in [3.8, 4) is 0 Å². The largest absolute Gasteiger partial charge is 0.341 e. The fourth-order valence-electron chi connectivity index (χ4n) is 2.15. The molecule has 0 spiro atoms. The predicted octanol–water partition coefficient (Wildman–Crippen LogP) is 1.94. The number of rotatable bonds is 2. The zero-order valence-corrected chi connectivity index (χ0v) is 11.3. The maximum Gasteiger partial charge on any atom is 0.227 e. The van der Waals surface area contributed by atoms with Crippen LogP contribution in [-0.2, 0) is 11.2 Å². The van der Waals surface area contributed by atoms with Gasteiger partial charge in [-0.3, -0.25) is 4.79 Å². The lowest BCUT2D eigenvalue weighted by atomic mass is 10.1. The van der Waals surface area contributed by atoms with Gasteiger partial charge in [0.05, 0.1) is 6.42 Å². The van der Waals surface area contributed by atoms with Gasteiger partial charge < -0.3 is 10.6 Å². The molecule has 92 valence electrons. The van der Waals surface area contributed by atoms with Gasteiger partial charge in [0.25, 0.3) is 0 Å². The number of likely N-dealkylation sites (tertiary alicyclic amines) is 1. The van der Waals surface area contributed by atoms with Crippen LogP contribution in [-0.4, -0.2) is 29.9 Å². The van der Waals surface area contributed by atoms with Crippen molar-refractivity contribution in [3.63, 3.8) is 0 Å². The Morgan fingerprint density at radius 1 is 1.47 bits per heavy atom. The Bertz CT molecular complexity index is 408. The maximum absolute atomic E-state index is 12.1. The maximum atomic E-state index is 12.1. The van der Waals surface area contributed by atoms with Gasteiger partial charge in [-0.15, -0.1) is 0 Å². The van der Waals surface area contributed by atoms with Crippen molar-refractivity contribution in [2.75, 3.05) is 13.1 Å². The molecule has 0 bridgehead atoms. The van der Waals surface area contributed by atoms with Crippen molar-refractivity contribution < 1.29 is 4.79 Å². The van der Waals surface area contributed by atoms with E-state index in [-0.39, 0.29) is 11.9 Å². The summed E-state index contributed by atoms with van der Waals surface area (Å²) in [5, 5.41) is 0. The number of hydrogen-bond acceptors (Lipinski definition) is 2. The molecule has 1 aromatic carbocycles. The third kappa shape index (κ3) is 3.30. The van der Waals surface area contributed by atoms with Gasteiger partial charge >= 0.3 is 0 Å². The molecule has 1 amide bonds. The van der Waals surface area contributed by atoms with Gasteiger partial charge in [-0.2, -0.15) is 0 Å². The third-order valence-electron chi connectivity index (χ3n) is 3.11. The molecule has 0 aromatic heterocycles. The lowest BCUT2D eigenvalue weighted by molar-refractivity contribution is -0.131. The lowest BCUT2D eigenvalue weighted by Crippen LogP contribution is -2.46. The molecule has 0 radical (unpaired) electrons. The van der Waals surface area contributed by atoms with E-state index in [1.54, 1.807) is 0 Å². The summed E-state index contributed by atoms with van der Waals surface area (Å²) in [6.07, 6.45) is 2.50. The summed E-state index contributed by atoms with van der Waals surface area (Å²) >= 11 is 3.47. The number of hydrogen-bond donors (Lipinski definition) is 1. The van der Waals surface area contributed by atoms with Crippen LogP contribution in [0.1, 0.15) is 18.4 Å². The zero-order valence-electron chi connectivity index (χ0n) is 9.73. The number of carbonyl (C=O) groups is 1. The second-order valence-corrected chi connectivity index (χ2v) is 5.36. The van der Waals surface area contributed by atoms with Crippen molar-refractivity contribution >= 4 is 21.8 Å².